The zero-order chi connectivity index (χ0) is 42.7. The van der Waals surface area contributed by atoms with Crippen molar-refractivity contribution < 1.29 is 51.7 Å². The summed E-state index contributed by atoms with van der Waals surface area (Å²) < 4.78 is 72.4. The van der Waals surface area contributed by atoms with Crippen LogP contribution in [0.15, 0.2) is 182 Å². The lowest BCUT2D eigenvalue weighted by Crippen LogP contribution is -2.67. The first-order valence-corrected chi connectivity index (χ1v) is 22.1. The van der Waals surface area contributed by atoms with E-state index in [4.69, 9.17) is 42.0 Å². The Kier molecular flexibility index (Phi) is 17.6. The third-order valence-corrected chi connectivity index (χ3v) is 11.6. The molecule has 0 bridgehead atoms. The Labute approximate surface area is 363 Å². The van der Waals surface area contributed by atoms with Gasteiger partial charge in [0, 0.05) is 0 Å². The topological polar surface area (TPSA) is 120 Å². The number of hydrogen-bond donors (Lipinski definition) is 1. The Morgan fingerprint density at radius 3 is 0.968 bits per heavy atom. The first kappa shape index (κ1) is 45.2. The molecular formula is C50H53O11P. The molecule has 6 aromatic carbocycles. The second-order valence-electron chi connectivity index (χ2n) is 14.7. The first-order valence-electron chi connectivity index (χ1n) is 20.6. The molecule has 0 aliphatic heterocycles. The molecule has 1 fully saturated rings. The summed E-state index contributed by atoms with van der Waals surface area (Å²) >= 11 is 0. The van der Waals surface area contributed by atoms with Crippen LogP contribution in [0.1, 0.15) is 33.4 Å². The van der Waals surface area contributed by atoms with Gasteiger partial charge in [0.1, 0.15) is 50.2 Å². The second kappa shape index (κ2) is 24.1. The standard InChI is InChI=1S/C50H53O11P/c51-45-46(57-37-53-31-39-19-7-1-8-20-39)48(55-33-41-23-11-3-12-24-41)50(61-62(52,59-35-43-27-15-5-16-28-43)60-36-44-29-17-6-18-30-44)49(56-34-42-25-13-4-14-26-42)47(45)58-38-54-32-40-21-9-2-10-22-40/h1-30,45-51H,31-38H2/t45?,46-,47-,48-,49+,50?/m0/s1. The zero-order valence-corrected chi connectivity index (χ0v) is 35.3. The molecule has 1 aliphatic carbocycles. The van der Waals surface area contributed by atoms with Crippen molar-refractivity contribution in [1.29, 1.82) is 0 Å². The van der Waals surface area contributed by atoms with E-state index < -0.39 is 44.4 Å². The van der Waals surface area contributed by atoms with Gasteiger partial charge in [0.25, 0.3) is 0 Å². The van der Waals surface area contributed by atoms with Gasteiger partial charge in [0.15, 0.2) is 0 Å². The van der Waals surface area contributed by atoms with Crippen LogP contribution in [0.3, 0.4) is 0 Å². The molecule has 11 nitrogen and oxygen atoms in total. The fourth-order valence-corrected chi connectivity index (χ4v) is 8.33. The normalized spacial score (nSPS) is 20.2. The van der Waals surface area contributed by atoms with Crippen LogP contribution in [-0.4, -0.2) is 55.3 Å². The molecule has 1 saturated carbocycles. The van der Waals surface area contributed by atoms with E-state index in [0.29, 0.717) is 0 Å². The Balaban J connectivity index is 1.24. The molecule has 1 N–H and O–H groups in total. The van der Waals surface area contributed by atoms with Gasteiger partial charge >= 0.3 is 7.82 Å². The highest BCUT2D eigenvalue weighted by Gasteiger charge is 2.56. The van der Waals surface area contributed by atoms with Crippen LogP contribution in [0.25, 0.3) is 0 Å². The van der Waals surface area contributed by atoms with Gasteiger partial charge in [0.2, 0.25) is 0 Å². The molecule has 0 radical (unpaired) electrons. The lowest BCUT2D eigenvalue weighted by Gasteiger charge is -2.48. The number of aliphatic hydroxyl groups is 1. The summed E-state index contributed by atoms with van der Waals surface area (Å²) in [5, 5.41) is 12.4. The molecule has 324 valence electrons. The van der Waals surface area contributed by atoms with Crippen LogP contribution >= 0.6 is 7.82 Å². The maximum absolute atomic E-state index is 15.2. The number of hydrogen-bond acceptors (Lipinski definition) is 11. The quantitative estimate of drug-likeness (QED) is 0.0356. The average molecular weight is 861 g/mol. The fraction of sp³-hybridized carbons (Fsp3) is 0.280. The van der Waals surface area contributed by atoms with Crippen LogP contribution in [0.4, 0.5) is 0 Å². The summed E-state index contributed by atoms with van der Waals surface area (Å²) in [7, 11) is -4.52. The van der Waals surface area contributed by atoms with E-state index in [9.17, 15) is 5.11 Å². The van der Waals surface area contributed by atoms with E-state index in [0.717, 1.165) is 33.4 Å². The summed E-state index contributed by atoms with van der Waals surface area (Å²) in [6, 6.07) is 57.1. The van der Waals surface area contributed by atoms with E-state index in [2.05, 4.69) is 0 Å². The summed E-state index contributed by atoms with van der Waals surface area (Å²) in [5.41, 5.74) is 5.08. The van der Waals surface area contributed by atoms with Crippen molar-refractivity contribution in [3.8, 4) is 0 Å². The molecule has 6 atom stereocenters. The van der Waals surface area contributed by atoms with Crippen molar-refractivity contribution >= 4 is 7.82 Å². The lowest BCUT2D eigenvalue weighted by molar-refractivity contribution is -0.288. The van der Waals surface area contributed by atoms with Crippen molar-refractivity contribution in [2.45, 2.75) is 76.3 Å². The van der Waals surface area contributed by atoms with Crippen molar-refractivity contribution in [3.05, 3.63) is 215 Å². The van der Waals surface area contributed by atoms with Crippen molar-refractivity contribution in [3.63, 3.8) is 0 Å². The molecule has 1 aliphatic rings. The zero-order valence-electron chi connectivity index (χ0n) is 34.4. The summed E-state index contributed by atoms with van der Waals surface area (Å²) in [6.07, 6.45) is -7.25. The predicted octanol–water partition coefficient (Wildman–Crippen LogP) is 9.58. The van der Waals surface area contributed by atoms with Gasteiger partial charge in [-0.3, -0.25) is 13.6 Å². The Hall–Kier alpha value is -4.85. The summed E-state index contributed by atoms with van der Waals surface area (Å²) in [6.45, 7) is 0.0414. The van der Waals surface area contributed by atoms with Gasteiger partial charge in [-0.2, -0.15) is 0 Å². The minimum absolute atomic E-state index is 0.0833. The van der Waals surface area contributed by atoms with Crippen molar-refractivity contribution in [1.82, 2.24) is 0 Å². The van der Waals surface area contributed by atoms with Crippen molar-refractivity contribution in [2.24, 2.45) is 0 Å². The minimum atomic E-state index is -4.52. The second-order valence-corrected chi connectivity index (χ2v) is 16.3. The summed E-state index contributed by atoms with van der Waals surface area (Å²) in [4.78, 5) is 0. The number of ether oxygens (including phenoxy) is 6. The average Bonchev–Trinajstić information content (AvgIpc) is 3.33. The smallest absolute Gasteiger partial charge is 0.387 e. The van der Waals surface area contributed by atoms with Crippen LogP contribution in [-0.2, 0) is 86.2 Å². The van der Waals surface area contributed by atoms with Crippen LogP contribution in [0, 0.1) is 0 Å². The molecule has 2 unspecified atom stereocenters. The molecular weight excluding hydrogens is 808 g/mol. The Morgan fingerprint density at radius 1 is 0.355 bits per heavy atom. The number of phosphoric acid groups is 1. The molecule has 62 heavy (non-hydrogen) atoms. The maximum atomic E-state index is 15.2. The SMILES string of the molecule is O=P(OCc1ccccc1)(OCc1ccccc1)OC1[C@@H](OCc2ccccc2)[C@@H](OCOCc2ccccc2)C(O)[C@H](OCOCc2ccccc2)[C@H]1OCc1ccccc1. The third-order valence-electron chi connectivity index (χ3n) is 10.2. The third kappa shape index (κ3) is 13.8. The van der Waals surface area contributed by atoms with Gasteiger partial charge in [0.05, 0.1) is 39.6 Å². The maximum Gasteiger partial charge on any atom is 0.475 e. The molecule has 6 aromatic rings. The van der Waals surface area contributed by atoms with Gasteiger partial charge in [-0.05, 0) is 33.4 Å². The van der Waals surface area contributed by atoms with Crippen LogP contribution < -0.4 is 0 Å². The van der Waals surface area contributed by atoms with E-state index in [1.165, 1.54) is 0 Å². The molecule has 0 amide bonds. The highest BCUT2D eigenvalue weighted by Crippen LogP contribution is 2.54. The largest absolute Gasteiger partial charge is 0.475 e. The van der Waals surface area contributed by atoms with E-state index in [1.807, 2.05) is 182 Å². The van der Waals surface area contributed by atoms with Crippen molar-refractivity contribution in [2.75, 3.05) is 13.6 Å². The molecule has 0 saturated heterocycles. The van der Waals surface area contributed by atoms with E-state index in [1.54, 1.807) is 0 Å². The van der Waals surface area contributed by atoms with Gasteiger partial charge in [-0.15, -0.1) is 0 Å². The number of aliphatic hydroxyl groups excluding tert-OH is 1. The molecule has 12 heteroatoms. The Bertz CT molecular complexity index is 2020. The molecule has 0 spiro atoms. The number of phosphoric ester groups is 1. The Morgan fingerprint density at radius 2 is 0.645 bits per heavy atom. The van der Waals surface area contributed by atoms with Gasteiger partial charge < -0.3 is 33.5 Å². The highest BCUT2D eigenvalue weighted by molar-refractivity contribution is 7.48. The molecule has 0 aromatic heterocycles. The number of rotatable bonds is 24. The monoisotopic (exact) mass is 860 g/mol. The van der Waals surface area contributed by atoms with Gasteiger partial charge in [-0.25, -0.2) is 4.57 Å². The fourth-order valence-electron chi connectivity index (χ4n) is 6.98. The first-order chi connectivity index (χ1) is 30.5. The highest BCUT2D eigenvalue weighted by atomic mass is 31.2. The molecule has 0 heterocycles. The van der Waals surface area contributed by atoms with E-state index in [-0.39, 0.29) is 53.2 Å². The van der Waals surface area contributed by atoms with Crippen LogP contribution in [0.2, 0.25) is 0 Å². The predicted molar refractivity (Wildman–Crippen MR) is 233 cm³/mol. The summed E-state index contributed by atoms with van der Waals surface area (Å²) in [5.74, 6) is 0. The van der Waals surface area contributed by atoms with E-state index >= 15 is 4.57 Å². The number of benzene rings is 6. The lowest BCUT2D eigenvalue weighted by atomic mass is 9.84. The minimum Gasteiger partial charge on any atom is -0.387 e. The molecule has 7 rings (SSSR count). The van der Waals surface area contributed by atoms with Gasteiger partial charge in [-0.1, -0.05) is 182 Å². The van der Waals surface area contributed by atoms with Crippen LogP contribution in [0.5, 0.6) is 0 Å².